The van der Waals surface area contributed by atoms with E-state index in [-0.39, 0.29) is 5.91 Å². The van der Waals surface area contributed by atoms with Crippen LogP contribution >= 0.6 is 0 Å². The van der Waals surface area contributed by atoms with Gasteiger partial charge in [0.1, 0.15) is 0 Å². The van der Waals surface area contributed by atoms with E-state index in [0.29, 0.717) is 6.54 Å². The van der Waals surface area contributed by atoms with Crippen molar-refractivity contribution in [3.8, 4) is 0 Å². The lowest BCUT2D eigenvalue weighted by Crippen LogP contribution is -2.46. The molecule has 1 rings (SSSR count). The minimum absolute atomic E-state index is 0.177. The fraction of sp³-hybridized carbons (Fsp3) is 0.857. The highest BCUT2D eigenvalue weighted by Gasteiger charge is 2.16. The lowest BCUT2D eigenvalue weighted by Gasteiger charge is -2.27. The first-order valence-electron chi connectivity index (χ1n) is 7.50. The van der Waals surface area contributed by atoms with Gasteiger partial charge in [-0.05, 0) is 25.7 Å². The van der Waals surface area contributed by atoms with Crippen molar-refractivity contribution in [2.24, 2.45) is 4.99 Å². The Morgan fingerprint density at radius 3 is 2.53 bits per heavy atom. The third kappa shape index (κ3) is 6.45. The summed E-state index contributed by atoms with van der Waals surface area (Å²) >= 11 is 0. The van der Waals surface area contributed by atoms with Crippen LogP contribution in [0.15, 0.2) is 4.99 Å². The number of likely N-dealkylation sites (tertiary alicyclic amines) is 1. The molecule has 1 saturated heterocycles. The van der Waals surface area contributed by atoms with Crippen LogP contribution in [0.5, 0.6) is 0 Å². The molecule has 0 aromatic heterocycles. The largest absolute Gasteiger partial charge is 0.356 e. The summed E-state index contributed by atoms with van der Waals surface area (Å²) in [5, 5.41) is 6.32. The Hall–Kier alpha value is -1.26. The zero-order chi connectivity index (χ0) is 13.9. The van der Waals surface area contributed by atoms with Crippen molar-refractivity contribution in [3.05, 3.63) is 0 Å². The number of carbonyl (C=O) groups excluding carboxylic acids is 1. The molecule has 0 unspecified atom stereocenters. The Labute approximate surface area is 116 Å². The second-order valence-electron chi connectivity index (χ2n) is 5.00. The van der Waals surface area contributed by atoms with Gasteiger partial charge < -0.3 is 15.5 Å². The topological polar surface area (TPSA) is 56.7 Å². The van der Waals surface area contributed by atoms with Gasteiger partial charge in [0.25, 0.3) is 0 Å². The maximum absolute atomic E-state index is 12.0. The Kier molecular flexibility index (Phi) is 8.02. The molecule has 2 N–H and O–H groups in total. The zero-order valence-corrected chi connectivity index (χ0v) is 12.4. The molecule has 110 valence electrons. The number of hydrogen-bond donors (Lipinski definition) is 2. The summed E-state index contributed by atoms with van der Waals surface area (Å²) < 4.78 is 0. The zero-order valence-electron chi connectivity index (χ0n) is 12.4. The lowest BCUT2D eigenvalue weighted by atomic mass is 10.1. The molecule has 1 aliphatic rings. The van der Waals surface area contributed by atoms with E-state index in [1.807, 2.05) is 4.90 Å². The second kappa shape index (κ2) is 9.64. The molecule has 0 aromatic carbocycles. The van der Waals surface area contributed by atoms with Gasteiger partial charge >= 0.3 is 0 Å². The van der Waals surface area contributed by atoms with E-state index in [9.17, 15) is 4.79 Å². The number of aliphatic imine (C=N–C) groups is 1. The van der Waals surface area contributed by atoms with Crippen molar-refractivity contribution < 1.29 is 4.79 Å². The molecule has 0 aromatic rings. The summed E-state index contributed by atoms with van der Waals surface area (Å²) in [5.74, 6) is 0.901. The molecule has 1 heterocycles. The van der Waals surface area contributed by atoms with E-state index in [0.717, 1.165) is 44.9 Å². The van der Waals surface area contributed by atoms with E-state index in [1.54, 1.807) is 7.05 Å². The minimum Gasteiger partial charge on any atom is -0.356 e. The SMILES string of the molecule is CCCCCNC(=NC)NCC(=O)N1CCCCC1. The van der Waals surface area contributed by atoms with Crippen LogP contribution in [-0.4, -0.2) is 50.0 Å². The first-order chi connectivity index (χ1) is 9.27. The Morgan fingerprint density at radius 2 is 1.89 bits per heavy atom. The van der Waals surface area contributed by atoms with Crippen molar-refractivity contribution in [1.82, 2.24) is 15.5 Å². The van der Waals surface area contributed by atoms with Crippen molar-refractivity contribution in [3.63, 3.8) is 0 Å². The van der Waals surface area contributed by atoms with E-state index >= 15 is 0 Å². The quantitative estimate of drug-likeness (QED) is 0.434. The molecule has 1 fully saturated rings. The van der Waals surface area contributed by atoms with Gasteiger partial charge in [-0.1, -0.05) is 19.8 Å². The number of nitrogens with zero attached hydrogens (tertiary/aromatic N) is 2. The molecule has 0 atom stereocenters. The van der Waals surface area contributed by atoms with Gasteiger partial charge in [-0.15, -0.1) is 0 Å². The summed E-state index contributed by atoms with van der Waals surface area (Å²) in [7, 11) is 1.74. The molecule has 1 aliphatic heterocycles. The molecule has 19 heavy (non-hydrogen) atoms. The van der Waals surface area contributed by atoms with Gasteiger partial charge in [-0.3, -0.25) is 9.79 Å². The molecule has 0 bridgehead atoms. The first kappa shape index (κ1) is 15.8. The van der Waals surface area contributed by atoms with Gasteiger partial charge in [0.15, 0.2) is 5.96 Å². The van der Waals surface area contributed by atoms with Crippen LogP contribution in [0.25, 0.3) is 0 Å². The predicted molar refractivity (Wildman–Crippen MR) is 79.3 cm³/mol. The van der Waals surface area contributed by atoms with Gasteiger partial charge in [-0.25, -0.2) is 0 Å². The van der Waals surface area contributed by atoms with E-state index in [4.69, 9.17) is 0 Å². The summed E-state index contributed by atoms with van der Waals surface area (Å²) in [6.45, 7) is 5.25. The molecule has 5 nitrogen and oxygen atoms in total. The third-order valence-electron chi connectivity index (χ3n) is 3.41. The predicted octanol–water partition coefficient (Wildman–Crippen LogP) is 1.35. The van der Waals surface area contributed by atoms with Gasteiger partial charge in [-0.2, -0.15) is 0 Å². The highest BCUT2D eigenvalue weighted by atomic mass is 16.2. The Morgan fingerprint density at radius 1 is 1.16 bits per heavy atom. The Balaban J connectivity index is 2.19. The number of amides is 1. The molecule has 5 heteroatoms. The average Bonchev–Trinajstić information content (AvgIpc) is 2.47. The number of guanidine groups is 1. The molecular weight excluding hydrogens is 240 g/mol. The standard InChI is InChI=1S/C14H28N4O/c1-3-4-6-9-16-14(15-2)17-12-13(19)18-10-7-5-8-11-18/h3-12H2,1-2H3,(H2,15,16,17). The maximum Gasteiger partial charge on any atom is 0.241 e. The van der Waals surface area contributed by atoms with Crippen molar-refractivity contribution in [2.45, 2.75) is 45.4 Å². The van der Waals surface area contributed by atoms with Crippen LogP contribution in [-0.2, 0) is 4.79 Å². The van der Waals surface area contributed by atoms with Crippen LogP contribution in [0.1, 0.15) is 45.4 Å². The Bertz CT molecular complexity index is 285. The van der Waals surface area contributed by atoms with Crippen LogP contribution < -0.4 is 10.6 Å². The second-order valence-corrected chi connectivity index (χ2v) is 5.00. The fourth-order valence-corrected chi connectivity index (χ4v) is 2.22. The smallest absolute Gasteiger partial charge is 0.241 e. The van der Waals surface area contributed by atoms with E-state index < -0.39 is 0 Å². The van der Waals surface area contributed by atoms with Crippen LogP contribution in [0.3, 0.4) is 0 Å². The number of nitrogens with one attached hydrogen (secondary N) is 2. The molecule has 0 radical (unpaired) electrons. The fourth-order valence-electron chi connectivity index (χ4n) is 2.22. The molecular formula is C14H28N4O. The summed E-state index contributed by atoms with van der Waals surface area (Å²) in [6, 6.07) is 0. The monoisotopic (exact) mass is 268 g/mol. The number of hydrogen-bond acceptors (Lipinski definition) is 2. The number of rotatable bonds is 6. The summed E-state index contributed by atoms with van der Waals surface area (Å²) in [5.41, 5.74) is 0. The van der Waals surface area contributed by atoms with Gasteiger partial charge in [0, 0.05) is 26.7 Å². The molecule has 1 amide bonds. The molecule has 0 saturated carbocycles. The van der Waals surface area contributed by atoms with Gasteiger partial charge in [0.2, 0.25) is 5.91 Å². The van der Waals surface area contributed by atoms with Gasteiger partial charge in [0.05, 0.1) is 6.54 Å². The van der Waals surface area contributed by atoms with Crippen molar-refractivity contribution in [2.75, 3.05) is 33.2 Å². The van der Waals surface area contributed by atoms with E-state index in [1.165, 1.54) is 19.3 Å². The highest BCUT2D eigenvalue weighted by Crippen LogP contribution is 2.08. The summed E-state index contributed by atoms with van der Waals surface area (Å²) in [6.07, 6.45) is 7.08. The van der Waals surface area contributed by atoms with Crippen LogP contribution in [0.2, 0.25) is 0 Å². The number of unbranched alkanes of at least 4 members (excludes halogenated alkanes) is 2. The maximum atomic E-state index is 12.0. The van der Waals surface area contributed by atoms with Crippen LogP contribution in [0, 0.1) is 0 Å². The summed E-state index contributed by atoms with van der Waals surface area (Å²) in [4.78, 5) is 18.0. The van der Waals surface area contributed by atoms with Crippen molar-refractivity contribution in [1.29, 1.82) is 0 Å². The third-order valence-corrected chi connectivity index (χ3v) is 3.41. The number of piperidine rings is 1. The normalized spacial score (nSPS) is 16.3. The lowest BCUT2D eigenvalue weighted by molar-refractivity contribution is -0.130. The molecule has 0 spiro atoms. The minimum atomic E-state index is 0.177. The van der Waals surface area contributed by atoms with Crippen LogP contribution in [0.4, 0.5) is 0 Å². The first-order valence-corrected chi connectivity index (χ1v) is 7.50. The number of carbonyl (C=O) groups is 1. The molecule has 0 aliphatic carbocycles. The highest BCUT2D eigenvalue weighted by molar-refractivity contribution is 5.86. The average molecular weight is 268 g/mol. The van der Waals surface area contributed by atoms with Crippen molar-refractivity contribution >= 4 is 11.9 Å². The van der Waals surface area contributed by atoms with E-state index in [2.05, 4.69) is 22.5 Å².